The number of carbonyl (C=O) groups excluding carboxylic acids is 1. The highest BCUT2D eigenvalue weighted by molar-refractivity contribution is 7.99. The molecule has 0 unspecified atom stereocenters. The number of nitriles is 1. The average molecular weight is 311 g/mol. The van der Waals surface area contributed by atoms with Crippen LogP contribution in [0.1, 0.15) is 15.9 Å². The summed E-state index contributed by atoms with van der Waals surface area (Å²) in [7, 11) is 0. The number of anilines is 2. The number of benzene rings is 1. The molecule has 0 aliphatic heterocycles. The number of amides is 1. The lowest BCUT2D eigenvalue weighted by molar-refractivity contribution is -0.410. The van der Waals surface area contributed by atoms with E-state index in [1.807, 2.05) is 18.2 Å². The number of aromatic nitrogens is 1. The van der Waals surface area contributed by atoms with Crippen LogP contribution in [0.3, 0.4) is 0 Å². The molecule has 6 heteroatoms. The Morgan fingerprint density at radius 1 is 1.45 bits per heavy atom. The lowest BCUT2D eigenvalue weighted by atomic mass is 10.2. The molecule has 1 amide bonds. The molecule has 0 bridgehead atoms. The van der Waals surface area contributed by atoms with Crippen LogP contribution in [0.5, 0.6) is 0 Å². The summed E-state index contributed by atoms with van der Waals surface area (Å²) in [6.45, 7) is 3.63. The van der Waals surface area contributed by atoms with Gasteiger partial charge in [0.05, 0.1) is 0 Å². The van der Waals surface area contributed by atoms with E-state index >= 15 is 0 Å². The second kappa shape index (κ2) is 7.29. The summed E-state index contributed by atoms with van der Waals surface area (Å²) in [4.78, 5) is 15.2. The third-order valence-corrected chi connectivity index (χ3v) is 3.83. The summed E-state index contributed by atoms with van der Waals surface area (Å²) in [6.07, 6.45) is 1.73. The molecule has 22 heavy (non-hydrogen) atoms. The van der Waals surface area contributed by atoms with E-state index in [0.717, 1.165) is 0 Å². The van der Waals surface area contributed by atoms with E-state index in [4.69, 9.17) is 5.73 Å². The van der Waals surface area contributed by atoms with Gasteiger partial charge in [0.15, 0.2) is 5.03 Å². The van der Waals surface area contributed by atoms with Gasteiger partial charge in [0.2, 0.25) is 0 Å². The Balaban J connectivity index is 2.29. The van der Waals surface area contributed by atoms with Crippen LogP contribution in [0.4, 0.5) is 11.5 Å². The zero-order valence-corrected chi connectivity index (χ0v) is 12.6. The van der Waals surface area contributed by atoms with Gasteiger partial charge >= 0.3 is 0 Å². The summed E-state index contributed by atoms with van der Waals surface area (Å²) in [5.74, 6) is 0.496. The number of hydrogen-bond donors (Lipinski definition) is 2. The van der Waals surface area contributed by atoms with Gasteiger partial charge in [0.25, 0.3) is 11.7 Å². The highest BCUT2D eigenvalue weighted by Gasteiger charge is 2.19. The van der Waals surface area contributed by atoms with E-state index in [9.17, 15) is 10.1 Å². The van der Waals surface area contributed by atoms with Gasteiger partial charge in [-0.2, -0.15) is 5.26 Å². The van der Waals surface area contributed by atoms with Crippen LogP contribution in [-0.4, -0.2) is 11.7 Å². The first-order valence-electron chi connectivity index (χ1n) is 6.51. The number of nitrogens with one attached hydrogen (secondary N) is 2. The van der Waals surface area contributed by atoms with Gasteiger partial charge in [-0.1, -0.05) is 36.0 Å². The number of H-pyrrole nitrogens is 1. The van der Waals surface area contributed by atoms with Crippen molar-refractivity contribution >= 4 is 29.2 Å². The summed E-state index contributed by atoms with van der Waals surface area (Å²) in [5, 5.41) is 12.6. The van der Waals surface area contributed by atoms with Gasteiger partial charge in [-0.05, 0) is 18.2 Å². The second-order valence-corrected chi connectivity index (χ2v) is 5.40. The molecule has 0 aliphatic carbocycles. The van der Waals surface area contributed by atoms with Crippen molar-refractivity contribution in [2.75, 3.05) is 16.8 Å². The van der Waals surface area contributed by atoms with Gasteiger partial charge in [-0.3, -0.25) is 10.5 Å². The first-order valence-corrected chi connectivity index (χ1v) is 7.50. The van der Waals surface area contributed by atoms with Crippen molar-refractivity contribution in [2.24, 2.45) is 0 Å². The number of nitrogen functional groups attached to an aromatic ring is 1. The van der Waals surface area contributed by atoms with E-state index in [0.29, 0.717) is 22.0 Å². The molecule has 4 N–H and O–H groups in total. The maximum Gasteiger partial charge on any atom is 0.284 e. The number of aromatic amines is 1. The average Bonchev–Trinajstić information content (AvgIpc) is 2.53. The SMILES string of the molecule is C=CCSc1[nH+]c(N)c(C(=O)Nc2ccccc2)cc1C#N. The number of carbonyl (C=O) groups is 1. The van der Waals surface area contributed by atoms with Crippen molar-refractivity contribution < 1.29 is 9.78 Å². The van der Waals surface area contributed by atoms with Crippen LogP contribution in [0, 0.1) is 11.3 Å². The molecule has 1 aromatic carbocycles. The minimum atomic E-state index is -0.364. The van der Waals surface area contributed by atoms with Crippen molar-refractivity contribution in [3.8, 4) is 6.07 Å². The maximum absolute atomic E-state index is 12.3. The lowest BCUT2D eigenvalue weighted by Crippen LogP contribution is -2.23. The fourth-order valence-electron chi connectivity index (χ4n) is 1.79. The maximum atomic E-state index is 12.3. The van der Waals surface area contributed by atoms with Crippen molar-refractivity contribution in [1.82, 2.24) is 0 Å². The van der Waals surface area contributed by atoms with Crippen molar-refractivity contribution in [3.05, 3.63) is 60.2 Å². The number of rotatable bonds is 5. The summed E-state index contributed by atoms with van der Waals surface area (Å²) < 4.78 is 0. The molecule has 0 atom stereocenters. The first-order chi connectivity index (χ1) is 10.7. The lowest BCUT2D eigenvalue weighted by Gasteiger charge is -2.07. The Kier molecular flexibility index (Phi) is 5.17. The van der Waals surface area contributed by atoms with Crippen LogP contribution in [0.2, 0.25) is 0 Å². The van der Waals surface area contributed by atoms with E-state index in [-0.39, 0.29) is 17.3 Å². The fraction of sp³-hybridized carbons (Fsp3) is 0.0625. The molecule has 0 aliphatic rings. The standard InChI is InChI=1S/C16H14N4OS/c1-2-8-22-16-11(10-17)9-13(14(18)20-16)15(21)19-12-6-4-3-5-7-12/h2-7,9H,1,8H2,(H2,18,20)(H,19,21)/p+1. The topological polar surface area (TPSA) is 93.0 Å². The normalized spacial score (nSPS) is 9.77. The quantitative estimate of drug-likeness (QED) is 0.655. The first kappa shape index (κ1) is 15.6. The van der Waals surface area contributed by atoms with Crippen molar-refractivity contribution in [2.45, 2.75) is 5.03 Å². The van der Waals surface area contributed by atoms with Gasteiger partial charge in [-0.15, -0.1) is 6.58 Å². The van der Waals surface area contributed by atoms with Gasteiger partial charge < -0.3 is 5.32 Å². The number of para-hydroxylation sites is 1. The zero-order valence-electron chi connectivity index (χ0n) is 11.8. The van der Waals surface area contributed by atoms with Gasteiger partial charge in [0, 0.05) is 11.4 Å². The highest BCUT2D eigenvalue weighted by atomic mass is 32.2. The molecule has 0 saturated carbocycles. The molecule has 1 heterocycles. The Hall–Kier alpha value is -2.78. The van der Waals surface area contributed by atoms with Crippen LogP contribution in [0.25, 0.3) is 0 Å². The third-order valence-electron chi connectivity index (χ3n) is 2.81. The molecule has 0 saturated heterocycles. The molecule has 2 rings (SSSR count). The largest absolute Gasteiger partial charge is 0.322 e. The summed E-state index contributed by atoms with van der Waals surface area (Å²) in [6, 6.07) is 12.6. The predicted molar refractivity (Wildman–Crippen MR) is 87.4 cm³/mol. The molecule has 0 fully saturated rings. The van der Waals surface area contributed by atoms with Crippen LogP contribution >= 0.6 is 11.8 Å². The van der Waals surface area contributed by atoms with Crippen molar-refractivity contribution in [3.63, 3.8) is 0 Å². The molecule has 0 spiro atoms. The Bertz CT molecular complexity index is 738. The fourth-order valence-corrected chi connectivity index (χ4v) is 2.52. The molecule has 0 radical (unpaired) electrons. The Morgan fingerprint density at radius 2 is 2.18 bits per heavy atom. The van der Waals surface area contributed by atoms with Crippen LogP contribution < -0.4 is 16.0 Å². The minimum absolute atomic E-state index is 0.221. The smallest absolute Gasteiger partial charge is 0.284 e. The molecule has 1 aromatic heterocycles. The number of nitrogens with two attached hydrogens (primary N) is 1. The number of hydrogen-bond acceptors (Lipinski definition) is 4. The molecule has 110 valence electrons. The van der Waals surface area contributed by atoms with Gasteiger partial charge in [0.1, 0.15) is 17.2 Å². The zero-order chi connectivity index (χ0) is 15.9. The molecular formula is C16H15N4OS+. The van der Waals surface area contributed by atoms with E-state index in [2.05, 4.69) is 22.9 Å². The molecule has 2 aromatic rings. The van der Waals surface area contributed by atoms with E-state index in [1.54, 1.807) is 18.2 Å². The van der Waals surface area contributed by atoms with Gasteiger partial charge in [-0.25, -0.2) is 4.98 Å². The van der Waals surface area contributed by atoms with Crippen LogP contribution in [0.15, 0.2) is 54.1 Å². The minimum Gasteiger partial charge on any atom is -0.322 e. The Morgan fingerprint density at radius 3 is 2.82 bits per heavy atom. The third kappa shape index (κ3) is 3.65. The van der Waals surface area contributed by atoms with Crippen molar-refractivity contribution in [1.29, 1.82) is 5.26 Å². The summed E-state index contributed by atoms with van der Waals surface area (Å²) >= 11 is 1.40. The summed E-state index contributed by atoms with van der Waals surface area (Å²) in [5.41, 5.74) is 7.18. The monoisotopic (exact) mass is 311 g/mol. The highest BCUT2D eigenvalue weighted by Crippen LogP contribution is 2.21. The number of pyridine rings is 1. The van der Waals surface area contributed by atoms with E-state index < -0.39 is 0 Å². The van der Waals surface area contributed by atoms with Crippen LogP contribution in [-0.2, 0) is 0 Å². The van der Waals surface area contributed by atoms with E-state index in [1.165, 1.54) is 17.8 Å². The number of nitrogens with zero attached hydrogens (tertiary/aromatic N) is 1. The predicted octanol–water partition coefficient (Wildman–Crippen LogP) is 2.48. The molecule has 5 nitrogen and oxygen atoms in total. The number of thioether (sulfide) groups is 1. The second-order valence-electron chi connectivity index (χ2n) is 4.37. The Labute approximate surface area is 132 Å². The molecular weight excluding hydrogens is 296 g/mol.